The topological polar surface area (TPSA) is 46.2 Å². The molecule has 0 radical (unpaired) electrons. The van der Waals surface area contributed by atoms with Gasteiger partial charge in [-0.1, -0.05) is 0 Å². The summed E-state index contributed by atoms with van der Waals surface area (Å²) in [4.78, 5) is 0.326. The van der Waals surface area contributed by atoms with Crippen molar-refractivity contribution in [2.75, 3.05) is 17.5 Å². The number of alkyl halides is 1. The Hall–Kier alpha value is -0.740. The molecule has 5 heteroatoms. The van der Waals surface area contributed by atoms with Crippen LogP contribution in [0.15, 0.2) is 29.2 Å². The largest absolute Gasteiger partial charge is 0.381 e. The highest BCUT2D eigenvalue weighted by atomic mass is 35.5. The highest BCUT2D eigenvalue weighted by Crippen LogP contribution is 2.14. The maximum Gasteiger partial charge on any atom is 0.175 e. The summed E-state index contributed by atoms with van der Waals surface area (Å²) in [6.45, 7) is 1.96. The summed E-state index contributed by atoms with van der Waals surface area (Å²) >= 11 is 5.65. The van der Waals surface area contributed by atoms with E-state index in [9.17, 15) is 8.42 Å². The predicted octanol–water partition coefficient (Wildman–Crippen LogP) is 2.13. The number of halogens is 1. The predicted molar refractivity (Wildman–Crippen MR) is 63.4 cm³/mol. The fraction of sp³-hybridized carbons (Fsp3) is 0.400. The van der Waals surface area contributed by atoms with Crippen LogP contribution in [0.2, 0.25) is 0 Å². The van der Waals surface area contributed by atoms with E-state index in [-0.39, 0.29) is 6.04 Å². The maximum absolute atomic E-state index is 11.2. The third-order valence-electron chi connectivity index (χ3n) is 1.93. The maximum atomic E-state index is 11.2. The van der Waals surface area contributed by atoms with E-state index in [4.69, 9.17) is 11.6 Å². The molecule has 1 unspecified atom stereocenters. The van der Waals surface area contributed by atoms with Gasteiger partial charge in [-0.3, -0.25) is 0 Å². The van der Waals surface area contributed by atoms with Crippen molar-refractivity contribution in [2.24, 2.45) is 0 Å². The van der Waals surface area contributed by atoms with Gasteiger partial charge in [0.1, 0.15) is 0 Å². The Labute approximate surface area is 95.4 Å². The van der Waals surface area contributed by atoms with Crippen molar-refractivity contribution in [1.82, 2.24) is 0 Å². The summed E-state index contributed by atoms with van der Waals surface area (Å²) in [5.74, 6) is 0.508. The van der Waals surface area contributed by atoms with Crippen LogP contribution in [0, 0.1) is 0 Å². The molecule has 1 atom stereocenters. The van der Waals surface area contributed by atoms with Gasteiger partial charge in [0.25, 0.3) is 0 Å². The number of hydrogen-bond donors (Lipinski definition) is 1. The molecule has 3 nitrogen and oxygen atoms in total. The fourth-order valence-electron chi connectivity index (χ4n) is 1.12. The zero-order chi connectivity index (χ0) is 11.5. The summed E-state index contributed by atoms with van der Waals surface area (Å²) in [5.41, 5.74) is 0.871. The molecule has 1 N–H and O–H groups in total. The first kappa shape index (κ1) is 12.3. The minimum absolute atomic E-state index is 0.163. The van der Waals surface area contributed by atoms with Gasteiger partial charge in [-0.15, -0.1) is 11.6 Å². The van der Waals surface area contributed by atoms with Crippen LogP contribution >= 0.6 is 11.6 Å². The number of nitrogens with one attached hydrogen (secondary N) is 1. The normalized spacial score (nSPS) is 13.5. The molecule has 0 aliphatic carbocycles. The molecule has 0 saturated heterocycles. The SMILES string of the molecule is CC(CCl)Nc1ccc(S(C)(=O)=O)cc1. The Balaban J connectivity index is 2.82. The van der Waals surface area contributed by atoms with Gasteiger partial charge in [-0.05, 0) is 31.2 Å². The number of anilines is 1. The number of sulfone groups is 1. The molecule has 1 aromatic carbocycles. The second-order valence-electron chi connectivity index (χ2n) is 3.50. The van der Waals surface area contributed by atoms with Gasteiger partial charge in [-0.25, -0.2) is 8.42 Å². The Bertz CT molecular complexity index is 414. The molecule has 1 aromatic rings. The third kappa shape index (κ3) is 3.72. The standard InChI is InChI=1S/C10H14ClNO2S/c1-8(7-11)12-9-3-5-10(6-4-9)15(2,13)14/h3-6,8,12H,7H2,1-2H3. The quantitative estimate of drug-likeness (QED) is 0.830. The van der Waals surface area contributed by atoms with Gasteiger partial charge in [0.05, 0.1) is 4.90 Å². The molecule has 0 bridgehead atoms. The van der Waals surface area contributed by atoms with E-state index in [0.29, 0.717) is 10.8 Å². The lowest BCUT2D eigenvalue weighted by Crippen LogP contribution is -2.16. The van der Waals surface area contributed by atoms with E-state index in [1.807, 2.05) is 6.92 Å². The Morgan fingerprint density at radius 1 is 1.33 bits per heavy atom. The minimum Gasteiger partial charge on any atom is -0.381 e. The van der Waals surface area contributed by atoms with Gasteiger partial charge in [-0.2, -0.15) is 0 Å². The lowest BCUT2D eigenvalue weighted by Gasteiger charge is -2.11. The second kappa shape index (κ2) is 4.86. The number of hydrogen-bond acceptors (Lipinski definition) is 3. The first-order valence-corrected chi connectivity index (χ1v) is 6.98. The summed E-state index contributed by atoms with van der Waals surface area (Å²) in [6.07, 6.45) is 1.19. The van der Waals surface area contributed by atoms with Crippen LogP contribution in [0.4, 0.5) is 5.69 Å². The second-order valence-corrected chi connectivity index (χ2v) is 5.82. The van der Waals surface area contributed by atoms with Crippen molar-refractivity contribution in [3.8, 4) is 0 Å². The first-order chi connectivity index (χ1) is 6.93. The van der Waals surface area contributed by atoms with Gasteiger partial charge in [0.15, 0.2) is 9.84 Å². The molecule has 15 heavy (non-hydrogen) atoms. The van der Waals surface area contributed by atoms with Crippen molar-refractivity contribution in [2.45, 2.75) is 17.9 Å². The summed E-state index contributed by atoms with van der Waals surface area (Å²) < 4.78 is 22.4. The van der Waals surface area contributed by atoms with Crippen LogP contribution in [0.1, 0.15) is 6.92 Å². The average molecular weight is 248 g/mol. The van der Waals surface area contributed by atoms with Crippen molar-refractivity contribution >= 4 is 27.1 Å². The van der Waals surface area contributed by atoms with Gasteiger partial charge >= 0.3 is 0 Å². The molecule has 0 fully saturated rings. The molecule has 84 valence electrons. The van der Waals surface area contributed by atoms with E-state index >= 15 is 0 Å². The smallest absolute Gasteiger partial charge is 0.175 e. The van der Waals surface area contributed by atoms with Gasteiger partial charge in [0, 0.05) is 23.9 Å². The molecular weight excluding hydrogens is 234 g/mol. The molecule has 0 saturated carbocycles. The zero-order valence-corrected chi connectivity index (χ0v) is 10.3. The number of benzene rings is 1. The Morgan fingerprint density at radius 3 is 2.27 bits per heavy atom. The van der Waals surface area contributed by atoms with E-state index in [1.165, 1.54) is 6.26 Å². The van der Waals surface area contributed by atoms with Crippen LogP contribution in [-0.2, 0) is 9.84 Å². The van der Waals surface area contributed by atoms with E-state index < -0.39 is 9.84 Å². The third-order valence-corrected chi connectivity index (χ3v) is 3.52. The minimum atomic E-state index is -3.11. The summed E-state index contributed by atoms with van der Waals surface area (Å²) in [6, 6.07) is 6.80. The lowest BCUT2D eigenvalue weighted by molar-refractivity contribution is 0.602. The average Bonchev–Trinajstić information content (AvgIpc) is 2.17. The van der Waals surface area contributed by atoms with Crippen LogP contribution in [-0.4, -0.2) is 26.6 Å². The van der Waals surface area contributed by atoms with Crippen molar-refractivity contribution < 1.29 is 8.42 Å². The van der Waals surface area contributed by atoms with Crippen LogP contribution < -0.4 is 5.32 Å². The van der Waals surface area contributed by atoms with Crippen molar-refractivity contribution in [1.29, 1.82) is 0 Å². The van der Waals surface area contributed by atoms with E-state index in [0.717, 1.165) is 5.69 Å². The van der Waals surface area contributed by atoms with Crippen molar-refractivity contribution in [3.05, 3.63) is 24.3 Å². The highest BCUT2D eigenvalue weighted by molar-refractivity contribution is 7.90. The molecule has 0 aliphatic heterocycles. The summed E-state index contributed by atoms with van der Waals surface area (Å²) in [5, 5.41) is 3.14. The molecule has 1 rings (SSSR count). The summed E-state index contributed by atoms with van der Waals surface area (Å²) in [7, 11) is -3.11. The highest BCUT2D eigenvalue weighted by Gasteiger charge is 2.06. The molecule has 0 spiro atoms. The Morgan fingerprint density at radius 2 is 1.87 bits per heavy atom. The van der Waals surface area contributed by atoms with Crippen LogP contribution in [0.5, 0.6) is 0 Å². The zero-order valence-electron chi connectivity index (χ0n) is 8.70. The monoisotopic (exact) mass is 247 g/mol. The van der Waals surface area contributed by atoms with E-state index in [1.54, 1.807) is 24.3 Å². The Kier molecular flexibility index (Phi) is 3.99. The molecular formula is C10H14ClNO2S. The van der Waals surface area contributed by atoms with Crippen LogP contribution in [0.25, 0.3) is 0 Å². The van der Waals surface area contributed by atoms with Crippen LogP contribution in [0.3, 0.4) is 0 Å². The number of rotatable bonds is 4. The molecule has 0 aliphatic rings. The lowest BCUT2D eigenvalue weighted by atomic mass is 10.3. The first-order valence-electron chi connectivity index (χ1n) is 4.56. The molecule has 0 aromatic heterocycles. The van der Waals surface area contributed by atoms with Gasteiger partial charge in [0.2, 0.25) is 0 Å². The van der Waals surface area contributed by atoms with Crippen molar-refractivity contribution in [3.63, 3.8) is 0 Å². The van der Waals surface area contributed by atoms with E-state index in [2.05, 4.69) is 5.32 Å². The molecule has 0 amide bonds. The fourth-order valence-corrected chi connectivity index (χ4v) is 1.83. The molecule has 0 heterocycles. The van der Waals surface area contributed by atoms with Gasteiger partial charge < -0.3 is 5.32 Å².